The summed E-state index contributed by atoms with van der Waals surface area (Å²) in [6.45, 7) is 8.71. The molecule has 0 radical (unpaired) electrons. The lowest BCUT2D eigenvalue weighted by molar-refractivity contribution is 0.451. The van der Waals surface area contributed by atoms with Crippen LogP contribution in [-0.4, -0.2) is 24.7 Å². The van der Waals surface area contributed by atoms with Crippen LogP contribution in [0.25, 0.3) is 0 Å². The van der Waals surface area contributed by atoms with Crippen molar-refractivity contribution in [3.05, 3.63) is 48.1 Å². The second kappa shape index (κ2) is 8.50. The van der Waals surface area contributed by atoms with Crippen LogP contribution in [0.4, 0.5) is 0 Å². The topological polar surface area (TPSA) is 24.1 Å². The van der Waals surface area contributed by atoms with Gasteiger partial charge in [0.2, 0.25) is 0 Å². The van der Waals surface area contributed by atoms with Crippen molar-refractivity contribution < 1.29 is 0 Å². The Morgan fingerprint density at radius 1 is 1.41 bits per heavy atom. The first kappa shape index (κ1) is 17.2. The fraction of sp³-hybridized carbons (Fsp3) is 0.600. The van der Waals surface area contributed by atoms with Crippen LogP contribution in [0.2, 0.25) is 0 Å². The zero-order valence-electron chi connectivity index (χ0n) is 14.4. The second-order valence-electron chi connectivity index (χ2n) is 6.65. The molecule has 0 fully saturated rings. The Balaban J connectivity index is 1.81. The van der Waals surface area contributed by atoms with Crippen molar-refractivity contribution in [2.45, 2.75) is 58.0 Å². The molecule has 0 amide bonds. The Kier molecular flexibility index (Phi) is 6.66. The summed E-state index contributed by atoms with van der Waals surface area (Å²) in [7, 11) is 0. The number of allylic oxidation sites excluding steroid dienone is 4. The van der Waals surface area contributed by atoms with Gasteiger partial charge in [0, 0.05) is 24.0 Å². The SMILES string of the molecule is CCNC1C=CC(C(/C=C\CNC2(C)C=CCC2)CC)=CC1. The quantitative estimate of drug-likeness (QED) is 0.659. The van der Waals surface area contributed by atoms with E-state index in [0.29, 0.717) is 12.0 Å². The predicted octanol–water partition coefficient (Wildman–Crippen LogP) is 4.13. The minimum Gasteiger partial charge on any atom is -0.310 e. The summed E-state index contributed by atoms with van der Waals surface area (Å²) in [5.41, 5.74) is 1.68. The molecule has 3 atom stereocenters. The zero-order valence-corrected chi connectivity index (χ0v) is 14.4. The van der Waals surface area contributed by atoms with Crippen molar-refractivity contribution in [1.29, 1.82) is 0 Å². The van der Waals surface area contributed by atoms with Crippen LogP contribution in [-0.2, 0) is 0 Å². The first-order valence-corrected chi connectivity index (χ1v) is 8.88. The number of likely N-dealkylation sites (N-methyl/N-ethyl adjacent to an activating group) is 1. The van der Waals surface area contributed by atoms with Gasteiger partial charge in [0.25, 0.3) is 0 Å². The smallest absolute Gasteiger partial charge is 0.0341 e. The predicted molar refractivity (Wildman–Crippen MR) is 97.0 cm³/mol. The highest BCUT2D eigenvalue weighted by Crippen LogP contribution is 2.23. The van der Waals surface area contributed by atoms with Crippen LogP contribution >= 0.6 is 0 Å². The maximum Gasteiger partial charge on any atom is 0.0341 e. The van der Waals surface area contributed by atoms with E-state index in [0.717, 1.165) is 25.9 Å². The van der Waals surface area contributed by atoms with E-state index in [9.17, 15) is 0 Å². The van der Waals surface area contributed by atoms with Gasteiger partial charge in [-0.3, -0.25) is 0 Å². The molecule has 0 heterocycles. The van der Waals surface area contributed by atoms with E-state index in [4.69, 9.17) is 0 Å². The molecule has 0 saturated carbocycles. The van der Waals surface area contributed by atoms with Crippen molar-refractivity contribution >= 4 is 0 Å². The van der Waals surface area contributed by atoms with Crippen molar-refractivity contribution in [2.75, 3.05) is 13.1 Å². The van der Waals surface area contributed by atoms with Gasteiger partial charge in [0.15, 0.2) is 0 Å². The standard InChI is InChI=1S/C20H32N2/c1-4-17(18-10-12-19(13-11-18)21-5-2)9-8-16-22-20(3)14-6-7-15-20/h6,8-12,14,17,19,21-22H,4-5,7,13,15-16H2,1-3H3/b9-8-. The minimum atomic E-state index is 0.203. The van der Waals surface area contributed by atoms with Crippen LogP contribution in [0.5, 0.6) is 0 Å². The van der Waals surface area contributed by atoms with Gasteiger partial charge in [-0.05, 0) is 44.7 Å². The molecule has 2 aliphatic rings. The third kappa shape index (κ3) is 4.96. The van der Waals surface area contributed by atoms with Crippen molar-refractivity contribution in [1.82, 2.24) is 10.6 Å². The van der Waals surface area contributed by atoms with E-state index in [1.165, 1.54) is 18.4 Å². The highest BCUT2D eigenvalue weighted by atomic mass is 15.0. The summed E-state index contributed by atoms with van der Waals surface area (Å²) in [6, 6.07) is 0.519. The molecule has 2 N–H and O–H groups in total. The summed E-state index contributed by atoms with van der Waals surface area (Å²) in [6.07, 6.45) is 21.0. The lowest BCUT2D eigenvalue weighted by Gasteiger charge is -2.23. The average molecular weight is 300 g/mol. The molecule has 0 aromatic rings. The number of hydrogen-bond donors (Lipinski definition) is 2. The fourth-order valence-electron chi connectivity index (χ4n) is 3.29. The number of nitrogens with one attached hydrogen (secondary N) is 2. The highest BCUT2D eigenvalue weighted by molar-refractivity contribution is 5.30. The monoisotopic (exact) mass is 300 g/mol. The van der Waals surface area contributed by atoms with Crippen LogP contribution in [0.3, 0.4) is 0 Å². The van der Waals surface area contributed by atoms with Gasteiger partial charge in [-0.1, -0.05) is 56.4 Å². The van der Waals surface area contributed by atoms with Gasteiger partial charge in [-0.15, -0.1) is 0 Å². The van der Waals surface area contributed by atoms with E-state index in [1.54, 1.807) is 0 Å². The Morgan fingerprint density at radius 3 is 2.86 bits per heavy atom. The van der Waals surface area contributed by atoms with Gasteiger partial charge in [-0.2, -0.15) is 0 Å². The number of hydrogen-bond acceptors (Lipinski definition) is 2. The summed E-state index contributed by atoms with van der Waals surface area (Å²) >= 11 is 0. The van der Waals surface area contributed by atoms with Gasteiger partial charge in [0.1, 0.15) is 0 Å². The van der Waals surface area contributed by atoms with Gasteiger partial charge in [-0.25, -0.2) is 0 Å². The Labute approximate surface area is 136 Å². The highest BCUT2D eigenvalue weighted by Gasteiger charge is 2.21. The summed E-state index contributed by atoms with van der Waals surface area (Å²) in [4.78, 5) is 0. The molecule has 0 spiro atoms. The lowest BCUT2D eigenvalue weighted by Crippen LogP contribution is -2.38. The van der Waals surface area contributed by atoms with E-state index in [2.05, 4.69) is 73.9 Å². The summed E-state index contributed by atoms with van der Waals surface area (Å²) in [5.74, 6) is 0.549. The van der Waals surface area contributed by atoms with Gasteiger partial charge >= 0.3 is 0 Å². The number of rotatable bonds is 8. The molecule has 0 aromatic carbocycles. The van der Waals surface area contributed by atoms with Crippen molar-refractivity contribution in [2.24, 2.45) is 5.92 Å². The fourth-order valence-corrected chi connectivity index (χ4v) is 3.29. The minimum absolute atomic E-state index is 0.203. The molecule has 2 nitrogen and oxygen atoms in total. The first-order chi connectivity index (χ1) is 10.7. The lowest BCUT2D eigenvalue weighted by atomic mass is 9.90. The summed E-state index contributed by atoms with van der Waals surface area (Å²) in [5, 5.41) is 7.13. The summed E-state index contributed by atoms with van der Waals surface area (Å²) < 4.78 is 0. The normalized spacial score (nSPS) is 29.2. The zero-order chi connectivity index (χ0) is 15.8. The van der Waals surface area contributed by atoms with E-state index in [1.807, 2.05) is 0 Å². The Bertz CT molecular complexity index is 458. The van der Waals surface area contributed by atoms with E-state index in [-0.39, 0.29) is 5.54 Å². The van der Waals surface area contributed by atoms with Crippen LogP contribution < -0.4 is 10.6 Å². The molecular formula is C20H32N2. The molecule has 0 aromatic heterocycles. The van der Waals surface area contributed by atoms with E-state index < -0.39 is 0 Å². The maximum atomic E-state index is 3.64. The van der Waals surface area contributed by atoms with E-state index >= 15 is 0 Å². The first-order valence-electron chi connectivity index (χ1n) is 8.88. The van der Waals surface area contributed by atoms with Gasteiger partial charge in [0.05, 0.1) is 0 Å². The molecular weight excluding hydrogens is 268 g/mol. The molecule has 0 bridgehead atoms. The average Bonchev–Trinajstić information content (AvgIpc) is 2.96. The second-order valence-corrected chi connectivity index (χ2v) is 6.65. The molecule has 2 aliphatic carbocycles. The maximum absolute atomic E-state index is 3.64. The largest absolute Gasteiger partial charge is 0.310 e. The van der Waals surface area contributed by atoms with Crippen molar-refractivity contribution in [3.8, 4) is 0 Å². The van der Waals surface area contributed by atoms with Gasteiger partial charge < -0.3 is 10.6 Å². The van der Waals surface area contributed by atoms with Crippen LogP contribution in [0.15, 0.2) is 48.1 Å². The molecule has 3 unspecified atom stereocenters. The van der Waals surface area contributed by atoms with Crippen molar-refractivity contribution in [3.63, 3.8) is 0 Å². The van der Waals surface area contributed by atoms with Crippen LogP contribution in [0, 0.1) is 5.92 Å². The van der Waals surface area contributed by atoms with Crippen LogP contribution in [0.1, 0.15) is 46.5 Å². The molecule has 0 aliphatic heterocycles. The molecule has 122 valence electrons. The Morgan fingerprint density at radius 2 is 2.27 bits per heavy atom. The molecule has 0 saturated heterocycles. The molecule has 2 rings (SSSR count). The Hall–Kier alpha value is -1.12. The molecule has 2 heteroatoms. The third-order valence-electron chi connectivity index (χ3n) is 4.77. The third-order valence-corrected chi connectivity index (χ3v) is 4.77. The molecule has 22 heavy (non-hydrogen) atoms.